The molecule has 35 heavy (non-hydrogen) atoms. The minimum atomic E-state index is -4.64. The highest BCUT2D eigenvalue weighted by molar-refractivity contribution is 7.20. The van der Waals surface area contributed by atoms with E-state index in [0.717, 1.165) is 22.9 Å². The van der Waals surface area contributed by atoms with Gasteiger partial charge in [0, 0.05) is 27.5 Å². The summed E-state index contributed by atoms with van der Waals surface area (Å²) in [4.78, 5) is 33.9. The number of Topliss-reactive ketones (excluding diaryl/α,β-unsaturated/α-hetero) is 1. The molecule has 5 rings (SSSR count). The number of aryl methyl sites for hydroxylation is 2. The van der Waals surface area contributed by atoms with E-state index in [4.69, 9.17) is 4.74 Å². The molecule has 1 N–H and O–H groups in total. The van der Waals surface area contributed by atoms with Gasteiger partial charge in [0.1, 0.15) is 9.71 Å². The number of esters is 1. The Morgan fingerprint density at radius 2 is 1.89 bits per heavy atom. The number of ether oxygens (including phenoxy) is 1. The van der Waals surface area contributed by atoms with E-state index in [0.29, 0.717) is 21.5 Å². The third kappa shape index (κ3) is 4.12. The van der Waals surface area contributed by atoms with E-state index in [1.54, 1.807) is 36.6 Å². The predicted molar refractivity (Wildman–Crippen MR) is 130 cm³/mol. The standard InChI is InChI=1S/C25H17F3N2O3S2/c1-12-20-15(25(26,27)28)10-17(19-8-5-9-34-19)30-23(20)35-22(12)24(32)33-11-18(31)21-13(2)29-16-7-4-3-6-14(16)21/h3-10,29H,11H2,1-2H3. The van der Waals surface area contributed by atoms with Crippen LogP contribution in [0.15, 0.2) is 47.8 Å². The van der Waals surface area contributed by atoms with Gasteiger partial charge in [-0.25, -0.2) is 9.78 Å². The van der Waals surface area contributed by atoms with Crippen LogP contribution >= 0.6 is 22.7 Å². The highest BCUT2D eigenvalue weighted by atomic mass is 32.1. The number of carbonyl (C=O) groups is 2. The highest BCUT2D eigenvalue weighted by Gasteiger charge is 2.36. The Bertz CT molecular complexity index is 1600. The molecule has 0 fully saturated rings. The molecule has 0 spiro atoms. The summed E-state index contributed by atoms with van der Waals surface area (Å²) >= 11 is 2.11. The molecule has 0 aliphatic carbocycles. The van der Waals surface area contributed by atoms with Crippen molar-refractivity contribution in [3.8, 4) is 10.6 Å². The SMILES string of the molecule is Cc1[nH]c2ccccc2c1C(=O)COC(=O)c1sc2nc(-c3cccs3)cc(C(F)(F)F)c2c1C. The zero-order chi connectivity index (χ0) is 24.9. The molecule has 0 unspecified atom stereocenters. The molecule has 0 atom stereocenters. The lowest BCUT2D eigenvalue weighted by Crippen LogP contribution is -2.14. The third-order valence-electron chi connectivity index (χ3n) is 5.67. The van der Waals surface area contributed by atoms with Crippen LogP contribution in [0.5, 0.6) is 0 Å². The molecule has 0 aliphatic rings. The first-order valence-electron chi connectivity index (χ1n) is 10.5. The quantitative estimate of drug-likeness (QED) is 0.199. The number of ketones is 1. The summed E-state index contributed by atoms with van der Waals surface area (Å²) in [6.45, 7) is 2.65. The van der Waals surface area contributed by atoms with E-state index in [-0.39, 0.29) is 26.4 Å². The fraction of sp³-hybridized carbons (Fsp3) is 0.160. The molecule has 4 heterocycles. The fourth-order valence-corrected chi connectivity index (χ4v) is 5.90. The second-order valence-corrected chi connectivity index (χ2v) is 9.88. The third-order valence-corrected chi connectivity index (χ3v) is 7.73. The monoisotopic (exact) mass is 514 g/mol. The molecule has 0 aliphatic heterocycles. The number of aromatic nitrogens is 2. The average molecular weight is 515 g/mol. The number of para-hydroxylation sites is 1. The normalized spacial score (nSPS) is 11.9. The van der Waals surface area contributed by atoms with Crippen LogP contribution in [0.1, 0.15) is 36.9 Å². The van der Waals surface area contributed by atoms with Gasteiger partial charge in [0.2, 0.25) is 5.78 Å². The number of hydrogen-bond donors (Lipinski definition) is 1. The minimum Gasteiger partial charge on any atom is -0.453 e. The van der Waals surface area contributed by atoms with Crippen molar-refractivity contribution < 1.29 is 27.5 Å². The van der Waals surface area contributed by atoms with Crippen molar-refractivity contribution in [1.29, 1.82) is 0 Å². The summed E-state index contributed by atoms with van der Waals surface area (Å²) in [6, 6.07) is 11.7. The number of hydrogen-bond acceptors (Lipinski definition) is 6. The van der Waals surface area contributed by atoms with Gasteiger partial charge in [-0.2, -0.15) is 13.2 Å². The molecule has 5 aromatic rings. The van der Waals surface area contributed by atoms with Crippen LogP contribution < -0.4 is 0 Å². The van der Waals surface area contributed by atoms with E-state index in [1.807, 2.05) is 12.1 Å². The number of nitrogens with one attached hydrogen (secondary N) is 1. The predicted octanol–water partition coefficient (Wildman–Crippen LogP) is 7.18. The molecule has 178 valence electrons. The summed E-state index contributed by atoms with van der Waals surface area (Å²) in [6.07, 6.45) is -4.64. The van der Waals surface area contributed by atoms with Crippen LogP contribution in [0.4, 0.5) is 13.2 Å². The second-order valence-electron chi connectivity index (χ2n) is 7.94. The first-order chi connectivity index (χ1) is 16.6. The lowest BCUT2D eigenvalue weighted by Gasteiger charge is -2.10. The van der Waals surface area contributed by atoms with E-state index in [2.05, 4.69) is 9.97 Å². The van der Waals surface area contributed by atoms with Gasteiger partial charge < -0.3 is 9.72 Å². The number of carbonyl (C=O) groups excluding carboxylic acids is 2. The Morgan fingerprint density at radius 3 is 2.60 bits per heavy atom. The van der Waals surface area contributed by atoms with Crippen molar-refractivity contribution in [3.63, 3.8) is 0 Å². The molecule has 1 aromatic carbocycles. The van der Waals surface area contributed by atoms with Crippen molar-refractivity contribution in [2.75, 3.05) is 6.61 Å². The molecule has 0 bridgehead atoms. The Balaban J connectivity index is 1.47. The van der Waals surface area contributed by atoms with E-state index in [9.17, 15) is 22.8 Å². The number of pyridine rings is 1. The number of aromatic amines is 1. The van der Waals surface area contributed by atoms with Gasteiger partial charge in [-0.05, 0) is 43.0 Å². The maximum atomic E-state index is 13.9. The van der Waals surface area contributed by atoms with Crippen molar-refractivity contribution in [1.82, 2.24) is 9.97 Å². The Kier molecular flexibility index (Phi) is 5.72. The number of benzene rings is 1. The maximum absolute atomic E-state index is 13.9. The molecule has 0 saturated carbocycles. The van der Waals surface area contributed by atoms with Crippen LogP contribution in [-0.2, 0) is 10.9 Å². The van der Waals surface area contributed by atoms with E-state index >= 15 is 0 Å². The number of alkyl halides is 3. The van der Waals surface area contributed by atoms with Crippen LogP contribution in [0.2, 0.25) is 0 Å². The molecular weight excluding hydrogens is 497 g/mol. The second kappa shape index (κ2) is 8.62. The van der Waals surface area contributed by atoms with E-state index < -0.39 is 30.1 Å². The maximum Gasteiger partial charge on any atom is 0.417 e. The van der Waals surface area contributed by atoms with Gasteiger partial charge in [-0.15, -0.1) is 22.7 Å². The zero-order valence-electron chi connectivity index (χ0n) is 18.4. The summed E-state index contributed by atoms with van der Waals surface area (Å²) in [5, 5.41) is 2.33. The minimum absolute atomic E-state index is 0.00946. The zero-order valence-corrected chi connectivity index (χ0v) is 20.1. The molecular formula is C25H17F3N2O3S2. The van der Waals surface area contributed by atoms with Gasteiger partial charge in [0.25, 0.3) is 0 Å². The molecule has 0 saturated heterocycles. The van der Waals surface area contributed by atoms with Gasteiger partial charge in [0.05, 0.1) is 16.1 Å². The van der Waals surface area contributed by atoms with Crippen LogP contribution in [0.25, 0.3) is 31.7 Å². The summed E-state index contributed by atoms with van der Waals surface area (Å²) in [5.41, 5.74) is 1.30. The summed E-state index contributed by atoms with van der Waals surface area (Å²) in [7, 11) is 0. The topological polar surface area (TPSA) is 72.1 Å². The van der Waals surface area contributed by atoms with Crippen LogP contribution in [0, 0.1) is 13.8 Å². The van der Waals surface area contributed by atoms with Gasteiger partial charge >= 0.3 is 12.1 Å². The Labute approximate surface area is 205 Å². The molecule has 0 radical (unpaired) electrons. The van der Waals surface area contributed by atoms with Gasteiger partial charge in [0.15, 0.2) is 6.61 Å². The first kappa shape index (κ1) is 23.3. The molecule has 5 nitrogen and oxygen atoms in total. The van der Waals surface area contributed by atoms with Crippen molar-refractivity contribution in [2.45, 2.75) is 20.0 Å². The van der Waals surface area contributed by atoms with Crippen LogP contribution in [-0.4, -0.2) is 28.3 Å². The van der Waals surface area contributed by atoms with Gasteiger partial charge in [-0.1, -0.05) is 24.3 Å². The molecule has 0 amide bonds. The Morgan fingerprint density at radius 1 is 1.11 bits per heavy atom. The lowest BCUT2D eigenvalue weighted by molar-refractivity contribution is -0.136. The number of fused-ring (bicyclic) bond motifs is 2. The van der Waals surface area contributed by atoms with Crippen LogP contribution in [0.3, 0.4) is 0 Å². The smallest absolute Gasteiger partial charge is 0.417 e. The number of thiophene rings is 2. The summed E-state index contributed by atoms with van der Waals surface area (Å²) < 4.78 is 47.0. The fourth-order valence-electron chi connectivity index (χ4n) is 4.12. The van der Waals surface area contributed by atoms with Gasteiger partial charge in [-0.3, -0.25) is 4.79 Å². The molecule has 10 heteroatoms. The van der Waals surface area contributed by atoms with Crippen molar-refractivity contribution >= 4 is 55.5 Å². The Hall–Kier alpha value is -3.50. The number of halogens is 3. The first-order valence-corrected chi connectivity index (χ1v) is 12.2. The number of H-pyrrole nitrogens is 1. The highest BCUT2D eigenvalue weighted by Crippen LogP contribution is 2.42. The van der Waals surface area contributed by atoms with Crippen molar-refractivity contribution in [3.05, 3.63) is 75.1 Å². The average Bonchev–Trinajstić information content (AvgIpc) is 3.53. The van der Waals surface area contributed by atoms with Crippen molar-refractivity contribution in [2.24, 2.45) is 0 Å². The number of nitrogens with zero attached hydrogens (tertiary/aromatic N) is 1. The number of rotatable bonds is 5. The summed E-state index contributed by atoms with van der Waals surface area (Å²) in [5.74, 6) is -1.26. The largest absolute Gasteiger partial charge is 0.453 e. The molecule has 4 aromatic heterocycles. The van der Waals surface area contributed by atoms with E-state index in [1.165, 1.54) is 18.3 Å². The lowest BCUT2D eigenvalue weighted by atomic mass is 10.1.